The summed E-state index contributed by atoms with van der Waals surface area (Å²) in [6.07, 6.45) is 68.8. The second kappa shape index (κ2) is 47.2. The number of hydrogen-bond donors (Lipinski definition) is 0. The van der Waals surface area contributed by atoms with Crippen molar-refractivity contribution in [1.29, 1.82) is 0 Å². The lowest BCUT2D eigenvalue weighted by atomic mass is 10.1. The van der Waals surface area contributed by atoms with E-state index in [4.69, 9.17) is 14.2 Å². The normalized spacial score (nSPS) is 13.6. The maximum absolute atomic E-state index is 12.7. The molecule has 5 nitrogen and oxygen atoms in total. The molecule has 0 heterocycles. The molecule has 1 unspecified atom stereocenters. The minimum absolute atomic E-state index is 0.00538. The molecule has 0 aliphatic heterocycles. The molecule has 0 aliphatic carbocycles. The summed E-state index contributed by atoms with van der Waals surface area (Å²) >= 11 is 0. The van der Waals surface area contributed by atoms with E-state index in [0.29, 0.717) is 19.4 Å². The summed E-state index contributed by atoms with van der Waals surface area (Å²) in [7, 11) is 0. The molecular weight excluding hydrogens is 717 g/mol. The van der Waals surface area contributed by atoms with Gasteiger partial charge in [-0.25, -0.2) is 0 Å². The van der Waals surface area contributed by atoms with Gasteiger partial charge in [-0.3, -0.25) is 9.59 Å². The number of ether oxygens (including phenoxy) is 3. The van der Waals surface area contributed by atoms with Gasteiger partial charge in [-0.15, -0.1) is 0 Å². The van der Waals surface area contributed by atoms with Crippen LogP contribution in [0.3, 0.4) is 0 Å². The van der Waals surface area contributed by atoms with Crippen molar-refractivity contribution >= 4 is 11.9 Å². The number of unbranched alkanes of at least 4 members (excludes halogenated alkanes) is 3. The molecule has 0 radical (unpaired) electrons. The molecule has 0 fully saturated rings. The Hall–Kier alpha value is -4.22. The fourth-order valence-corrected chi connectivity index (χ4v) is 5.19. The summed E-state index contributed by atoms with van der Waals surface area (Å²) in [5.41, 5.74) is 0. The number of rotatable bonds is 38. The highest BCUT2D eigenvalue weighted by molar-refractivity contribution is 5.70. The molecule has 0 saturated heterocycles. The molecular formula is C53H80O5. The van der Waals surface area contributed by atoms with Gasteiger partial charge in [-0.1, -0.05) is 173 Å². The zero-order valence-corrected chi connectivity index (χ0v) is 36.7. The molecule has 0 saturated carbocycles. The number of carbonyl (C=O) groups excluding carboxylic acids is 2. The van der Waals surface area contributed by atoms with Gasteiger partial charge in [0.25, 0.3) is 0 Å². The molecule has 58 heavy (non-hydrogen) atoms. The number of carbonyl (C=O) groups is 2. The van der Waals surface area contributed by atoms with Crippen molar-refractivity contribution in [2.24, 2.45) is 0 Å². The average Bonchev–Trinajstić information content (AvgIpc) is 3.22. The van der Waals surface area contributed by atoms with Crippen molar-refractivity contribution in [2.75, 3.05) is 19.8 Å². The second-order valence-electron chi connectivity index (χ2n) is 13.8. The Labute approximate surface area is 355 Å². The van der Waals surface area contributed by atoms with Gasteiger partial charge < -0.3 is 14.2 Å². The first-order valence-electron chi connectivity index (χ1n) is 22.4. The van der Waals surface area contributed by atoms with Gasteiger partial charge in [0, 0.05) is 12.8 Å². The summed E-state index contributed by atoms with van der Waals surface area (Å²) in [6, 6.07) is 0. The molecule has 0 aromatic carbocycles. The summed E-state index contributed by atoms with van der Waals surface area (Å²) in [6.45, 7) is 7.11. The van der Waals surface area contributed by atoms with E-state index in [0.717, 1.165) is 109 Å². The lowest BCUT2D eigenvalue weighted by molar-refractivity contribution is -0.162. The third-order valence-electron chi connectivity index (χ3n) is 8.38. The van der Waals surface area contributed by atoms with Crippen LogP contribution in [-0.2, 0) is 23.8 Å². The van der Waals surface area contributed by atoms with E-state index in [9.17, 15) is 9.59 Å². The first-order chi connectivity index (χ1) is 28.6. The van der Waals surface area contributed by atoms with Crippen molar-refractivity contribution < 1.29 is 23.8 Å². The molecule has 0 aliphatic rings. The first kappa shape index (κ1) is 53.8. The highest BCUT2D eigenvalue weighted by Gasteiger charge is 2.17. The predicted molar refractivity (Wildman–Crippen MR) is 251 cm³/mol. The van der Waals surface area contributed by atoms with Crippen LogP contribution in [0.4, 0.5) is 0 Å². The van der Waals surface area contributed by atoms with Gasteiger partial charge in [0.05, 0.1) is 13.2 Å². The second-order valence-corrected chi connectivity index (χ2v) is 13.8. The third kappa shape index (κ3) is 44.5. The Kier molecular flexibility index (Phi) is 43.7. The van der Waals surface area contributed by atoms with E-state index in [2.05, 4.69) is 161 Å². The molecule has 0 rings (SSSR count). The number of hydrogen-bond acceptors (Lipinski definition) is 5. The summed E-state index contributed by atoms with van der Waals surface area (Å²) in [5.74, 6) is -0.584. The van der Waals surface area contributed by atoms with E-state index in [1.807, 2.05) is 6.08 Å². The number of esters is 2. The Morgan fingerprint density at radius 2 is 0.759 bits per heavy atom. The molecule has 0 spiro atoms. The van der Waals surface area contributed by atoms with Crippen LogP contribution in [0.2, 0.25) is 0 Å². The molecule has 0 N–H and O–H groups in total. The third-order valence-corrected chi connectivity index (χ3v) is 8.38. The smallest absolute Gasteiger partial charge is 0.306 e. The highest BCUT2D eigenvalue weighted by atomic mass is 16.6. The molecule has 0 aromatic rings. The standard InChI is InChI=1S/C53H80O5/c1-4-7-10-13-16-19-22-25-26-27-30-33-36-39-42-45-48-56-49-51(58-53(55)47-44-41-38-35-32-29-24-21-18-15-12-9-6-3)50-57-52(54)46-43-40-37-34-31-28-23-20-17-14-11-8-5-2/h7-12,16-21,25-26,28-33,37,39-40,42,51H,4-6,13-15,22-24,27,34-36,38,41,43-50H2,1-3H3/b10-7-,11-8-,12-9-,19-16-,20-17-,21-18-,26-25-,31-28-,32-29-,33-30-,40-37-,42-39-. The quantitative estimate of drug-likeness (QED) is 0.0354. The van der Waals surface area contributed by atoms with Crippen molar-refractivity contribution in [3.8, 4) is 0 Å². The Bertz CT molecular complexity index is 1310. The van der Waals surface area contributed by atoms with Gasteiger partial charge >= 0.3 is 11.9 Å². The Balaban J connectivity index is 4.57. The number of allylic oxidation sites excluding steroid dienone is 23. The lowest BCUT2D eigenvalue weighted by Crippen LogP contribution is -2.30. The van der Waals surface area contributed by atoms with Gasteiger partial charge in [0.2, 0.25) is 0 Å². The lowest BCUT2D eigenvalue weighted by Gasteiger charge is -2.18. The van der Waals surface area contributed by atoms with E-state index < -0.39 is 6.10 Å². The van der Waals surface area contributed by atoms with E-state index in [1.54, 1.807) is 0 Å². The van der Waals surface area contributed by atoms with Crippen molar-refractivity contribution in [1.82, 2.24) is 0 Å². The van der Waals surface area contributed by atoms with Crippen LogP contribution in [0.25, 0.3) is 0 Å². The Morgan fingerprint density at radius 3 is 1.19 bits per heavy atom. The van der Waals surface area contributed by atoms with E-state index in [1.165, 1.54) is 0 Å². The van der Waals surface area contributed by atoms with E-state index >= 15 is 0 Å². The minimum Gasteiger partial charge on any atom is -0.462 e. The maximum atomic E-state index is 12.7. The summed E-state index contributed by atoms with van der Waals surface area (Å²) < 4.78 is 17.1. The molecule has 0 amide bonds. The maximum Gasteiger partial charge on any atom is 0.306 e. The topological polar surface area (TPSA) is 61.8 Å². The van der Waals surface area contributed by atoms with Crippen LogP contribution in [0.1, 0.15) is 149 Å². The molecule has 5 heteroatoms. The molecule has 1 atom stereocenters. The van der Waals surface area contributed by atoms with Crippen molar-refractivity contribution in [2.45, 2.75) is 155 Å². The fourth-order valence-electron chi connectivity index (χ4n) is 5.19. The van der Waals surface area contributed by atoms with Crippen LogP contribution in [0, 0.1) is 0 Å². The van der Waals surface area contributed by atoms with Gasteiger partial charge in [0.15, 0.2) is 6.10 Å². The molecule has 322 valence electrons. The van der Waals surface area contributed by atoms with Crippen LogP contribution < -0.4 is 0 Å². The zero-order chi connectivity index (χ0) is 42.1. The van der Waals surface area contributed by atoms with E-state index in [-0.39, 0.29) is 31.6 Å². The average molecular weight is 797 g/mol. The monoisotopic (exact) mass is 797 g/mol. The predicted octanol–water partition coefficient (Wildman–Crippen LogP) is 15.0. The van der Waals surface area contributed by atoms with Crippen LogP contribution in [0.15, 0.2) is 146 Å². The van der Waals surface area contributed by atoms with Crippen LogP contribution in [0.5, 0.6) is 0 Å². The van der Waals surface area contributed by atoms with Gasteiger partial charge in [0.1, 0.15) is 6.61 Å². The van der Waals surface area contributed by atoms with Gasteiger partial charge in [-0.2, -0.15) is 0 Å². The SMILES string of the molecule is CC/C=C\C/C=C\C/C=C\C/C=C\C/C=C\CCOCC(COC(=O)CC/C=C\C/C=C\C/C=C\C/C=C\CC)OC(=O)CCCCC/C=C\C/C=C\C/C=C\CC. The molecule has 0 bridgehead atoms. The largest absolute Gasteiger partial charge is 0.462 e. The van der Waals surface area contributed by atoms with Crippen LogP contribution in [-0.4, -0.2) is 37.9 Å². The fraction of sp³-hybridized carbons (Fsp3) is 0.509. The summed E-state index contributed by atoms with van der Waals surface area (Å²) in [5, 5.41) is 0. The van der Waals surface area contributed by atoms with Gasteiger partial charge in [-0.05, 0) is 109 Å². The van der Waals surface area contributed by atoms with Crippen LogP contribution >= 0.6 is 0 Å². The van der Waals surface area contributed by atoms with Crippen molar-refractivity contribution in [3.63, 3.8) is 0 Å². The zero-order valence-electron chi connectivity index (χ0n) is 36.7. The highest BCUT2D eigenvalue weighted by Crippen LogP contribution is 2.09. The minimum atomic E-state index is -0.629. The summed E-state index contributed by atoms with van der Waals surface area (Å²) in [4.78, 5) is 25.2. The first-order valence-corrected chi connectivity index (χ1v) is 22.4. The van der Waals surface area contributed by atoms with Crippen molar-refractivity contribution in [3.05, 3.63) is 146 Å². The Morgan fingerprint density at radius 1 is 0.379 bits per heavy atom. The molecule has 0 aromatic heterocycles.